The molecule has 2 nitrogen and oxygen atoms in total. The first-order valence-electron chi connectivity index (χ1n) is 27.0. The number of hydrogen-bond donors (Lipinski definition) is 0. The molecular formula is C67H79BN2. The maximum Gasteiger partial charge on any atom is 0.252 e. The molecule has 0 unspecified atom stereocenters. The van der Waals surface area contributed by atoms with Gasteiger partial charge in [-0.05, 0) is 203 Å². The molecule has 0 aromatic heterocycles. The second-order valence-corrected chi connectivity index (χ2v) is 28.7. The zero-order valence-electron chi connectivity index (χ0n) is 46.2. The molecular weight excluding hydrogens is 844 g/mol. The minimum Gasteiger partial charge on any atom is -0.311 e. The molecule has 360 valence electrons. The zero-order chi connectivity index (χ0) is 50.0. The van der Waals surface area contributed by atoms with E-state index < -0.39 is 0 Å². The van der Waals surface area contributed by atoms with Crippen molar-refractivity contribution in [3.05, 3.63) is 147 Å². The highest BCUT2D eigenvalue weighted by molar-refractivity contribution is 7.00. The fourth-order valence-electron chi connectivity index (χ4n) is 15.6. The molecule has 0 fully saturated rings. The van der Waals surface area contributed by atoms with Gasteiger partial charge in [0.25, 0.3) is 6.71 Å². The molecule has 0 amide bonds. The van der Waals surface area contributed by atoms with Gasteiger partial charge in [0.1, 0.15) is 0 Å². The lowest BCUT2D eigenvalue weighted by Gasteiger charge is -2.48. The highest BCUT2D eigenvalue weighted by Crippen LogP contribution is 2.60. The summed E-state index contributed by atoms with van der Waals surface area (Å²) >= 11 is 0. The van der Waals surface area contributed by atoms with E-state index in [4.69, 9.17) is 0 Å². The Morgan fingerprint density at radius 2 is 0.929 bits per heavy atom. The Balaban J connectivity index is 1.23. The molecule has 6 aromatic carbocycles. The summed E-state index contributed by atoms with van der Waals surface area (Å²) in [5.74, 6) is 0. The number of rotatable bonds is 2. The lowest BCUT2D eigenvalue weighted by Crippen LogP contribution is -2.62. The first kappa shape index (κ1) is 46.1. The molecule has 3 heteroatoms. The smallest absolute Gasteiger partial charge is 0.252 e. The molecule has 0 spiro atoms. The Morgan fingerprint density at radius 1 is 0.443 bits per heavy atom. The Labute approximate surface area is 422 Å². The number of hydrogen-bond acceptors (Lipinski definition) is 2. The summed E-state index contributed by atoms with van der Waals surface area (Å²) in [5, 5.41) is 0. The highest BCUT2D eigenvalue weighted by atomic mass is 15.2. The van der Waals surface area contributed by atoms with Crippen molar-refractivity contribution in [2.75, 3.05) is 9.80 Å². The highest BCUT2D eigenvalue weighted by Gasteiger charge is 2.51. The minimum atomic E-state index is -0.221. The fourth-order valence-corrected chi connectivity index (χ4v) is 15.6. The van der Waals surface area contributed by atoms with Crippen molar-refractivity contribution >= 4 is 57.2 Å². The van der Waals surface area contributed by atoms with E-state index >= 15 is 0 Å². The number of benzene rings is 6. The van der Waals surface area contributed by atoms with Gasteiger partial charge in [-0.15, -0.1) is 0 Å². The van der Waals surface area contributed by atoms with Crippen LogP contribution in [0.3, 0.4) is 0 Å². The van der Waals surface area contributed by atoms with Crippen molar-refractivity contribution in [3.63, 3.8) is 0 Å². The van der Waals surface area contributed by atoms with Crippen LogP contribution in [0.2, 0.25) is 0 Å². The molecule has 2 aliphatic heterocycles. The van der Waals surface area contributed by atoms with Crippen molar-refractivity contribution < 1.29 is 0 Å². The second kappa shape index (κ2) is 13.9. The van der Waals surface area contributed by atoms with Crippen LogP contribution in [-0.2, 0) is 43.3 Å². The van der Waals surface area contributed by atoms with Crippen LogP contribution in [0.15, 0.2) is 91.0 Å². The Bertz CT molecular complexity index is 3290. The number of fused-ring (bicyclic) bond motifs is 10. The van der Waals surface area contributed by atoms with E-state index in [-0.39, 0.29) is 50.0 Å². The van der Waals surface area contributed by atoms with E-state index in [1.54, 1.807) is 0 Å². The summed E-state index contributed by atoms with van der Waals surface area (Å²) in [7, 11) is 0. The molecule has 0 saturated heterocycles. The van der Waals surface area contributed by atoms with E-state index in [0.717, 1.165) is 6.42 Å². The average Bonchev–Trinajstić information content (AvgIpc) is 3.62. The molecule has 2 heterocycles. The standard InChI is InChI=1S/C67H79BN2/c1-39-31-55-59-56(32-39)70(52-26-25-44(60(2,3)4)57-41-21-19-20-22-42(41)67(17,18)58(52)57)54-37-49-47(65(13,14)38-66(49,15)16)35-51(54)68(59)50-34-46-48(64(11,12)30-29-63(46,9)10)36-53(50)69(55)40-23-24-43-45(33-40)62(7,8)28-27-61(43,5)6/h19-26,31-37H,27-30,38H2,1-18H3. The predicted octanol–water partition coefficient (Wildman–Crippen LogP) is 16.3. The number of nitrogens with zero attached hydrogens (tertiary/aromatic N) is 2. The van der Waals surface area contributed by atoms with E-state index in [9.17, 15) is 0 Å². The van der Waals surface area contributed by atoms with Crippen LogP contribution >= 0.6 is 0 Å². The van der Waals surface area contributed by atoms with Crippen LogP contribution in [0, 0.1) is 6.92 Å². The third kappa shape index (κ3) is 6.17. The van der Waals surface area contributed by atoms with Crippen molar-refractivity contribution in [1.29, 1.82) is 0 Å². The van der Waals surface area contributed by atoms with E-state index in [1.807, 2.05) is 0 Å². The third-order valence-corrected chi connectivity index (χ3v) is 19.5. The maximum absolute atomic E-state index is 2.78. The SMILES string of the molecule is Cc1cc2c3c(c1)N(c1ccc(C(C)(C)C)c4c1C(C)(C)c1ccccc1-4)c1cc4c(cc1B3c1cc3c(cc1N2c1ccc2c(c1)C(C)(C)CCC2(C)C)C(C)(C)CCC3(C)C)C(C)(C)CC4(C)C. The van der Waals surface area contributed by atoms with E-state index in [2.05, 4.69) is 225 Å². The summed E-state index contributed by atoms with van der Waals surface area (Å²) in [5.41, 5.74) is 30.0. The third-order valence-electron chi connectivity index (χ3n) is 19.5. The van der Waals surface area contributed by atoms with Gasteiger partial charge in [-0.25, -0.2) is 0 Å². The molecule has 4 aliphatic carbocycles. The summed E-state index contributed by atoms with van der Waals surface area (Å²) in [6, 6.07) is 37.9. The van der Waals surface area contributed by atoms with Gasteiger partial charge in [-0.3, -0.25) is 0 Å². The second-order valence-electron chi connectivity index (χ2n) is 28.7. The number of anilines is 6. The quantitative estimate of drug-likeness (QED) is 0.159. The molecule has 0 bridgehead atoms. The van der Waals surface area contributed by atoms with E-state index in [1.165, 1.54) is 143 Å². The first-order chi connectivity index (χ1) is 32.5. The summed E-state index contributed by atoms with van der Waals surface area (Å²) < 4.78 is 0. The Morgan fingerprint density at radius 3 is 1.51 bits per heavy atom. The maximum atomic E-state index is 2.78. The van der Waals surface area contributed by atoms with Crippen molar-refractivity contribution in [2.45, 2.75) is 200 Å². The van der Waals surface area contributed by atoms with Gasteiger partial charge in [-0.1, -0.05) is 166 Å². The van der Waals surface area contributed by atoms with Gasteiger partial charge in [-0.2, -0.15) is 0 Å². The normalized spacial score (nSPS) is 21.4. The molecule has 0 radical (unpaired) electrons. The topological polar surface area (TPSA) is 6.48 Å². The van der Waals surface area contributed by atoms with Gasteiger partial charge in [0.2, 0.25) is 0 Å². The van der Waals surface area contributed by atoms with Crippen molar-refractivity contribution in [2.24, 2.45) is 0 Å². The van der Waals surface area contributed by atoms with Gasteiger partial charge in [0.15, 0.2) is 0 Å². The largest absolute Gasteiger partial charge is 0.311 e. The summed E-state index contributed by atoms with van der Waals surface area (Å²) in [6.07, 6.45) is 5.90. The number of aryl methyl sites for hydroxylation is 1. The van der Waals surface area contributed by atoms with E-state index in [0.29, 0.717) is 0 Å². The van der Waals surface area contributed by atoms with Crippen LogP contribution in [0.1, 0.15) is 205 Å². The Kier molecular flexibility index (Phi) is 9.17. The first-order valence-corrected chi connectivity index (χ1v) is 27.0. The monoisotopic (exact) mass is 923 g/mol. The fraction of sp³-hybridized carbons (Fsp3) is 0.463. The molecule has 70 heavy (non-hydrogen) atoms. The molecule has 6 aromatic rings. The van der Waals surface area contributed by atoms with Gasteiger partial charge >= 0.3 is 0 Å². The summed E-state index contributed by atoms with van der Waals surface area (Å²) in [4.78, 5) is 5.52. The van der Waals surface area contributed by atoms with Crippen LogP contribution in [0.4, 0.5) is 34.1 Å². The molecule has 0 saturated carbocycles. The van der Waals surface area contributed by atoms with Crippen LogP contribution < -0.4 is 26.2 Å². The van der Waals surface area contributed by atoms with Crippen LogP contribution in [-0.4, -0.2) is 6.71 Å². The molecule has 0 N–H and O–H groups in total. The zero-order valence-corrected chi connectivity index (χ0v) is 46.2. The van der Waals surface area contributed by atoms with Gasteiger partial charge in [0.05, 0.1) is 5.69 Å². The van der Waals surface area contributed by atoms with Crippen molar-refractivity contribution in [3.8, 4) is 11.1 Å². The Hall–Kier alpha value is -5.02. The van der Waals surface area contributed by atoms with Crippen LogP contribution in [0.25, 0.3) is 11.1 Å². The molecule has 0 atom stereocenters. The predicted molar refractivity (Wildman–Crippen MR) is 303 cm³/mol. The lowest BCUT2D eigenvalue weighted by molar-refractivity contribution is 0.332. The minimum absolute atomic E-state index is 0.0374. The van der Waals surface area contributed by atoms with Gasteiger partial charge < -0.3 is 9.80 Å². The lowest BCUT2D eigenvalue weighted by atomic mass is 9.32. The van der Waals surface area contributed by atoms with Crippen molar-refractivity contribution in [1.82, 2.24) is 0 Å². The summed E-state index contributed by atoms with van der Waals surface area (Å²) in [6.45, 7) is 44.5. The average molecular weight is 923 g/mol. The molecule has 6 aliphatic rings. The molecule has 12 rings (SSSR count). The van der Waals surface area contributed by atoms with Crippen LogP contribution in [0.5, 0.6) is 0 Å². The van der Waals surface area contributed by atoms with Gasteiger partial charge in [0, 0.05) is 33.9 Å².